The zero-order valence-electron chi connectivity index (χ0n) is 7.27. The lowest BCUT2D eigenvalue weighted by molar-refractivity contribution is -0.147. The molecule has 0 aromatic carbocycles. The monoisotopic (exact) mass is 194 g/mol. The van der Waals surface area contributed by atoms with Gasteiger partial charge >= 0.3 is 6.18 Å². The van der Waals surface area contributed by atoms with E-state index in [1.165, 1.54) is 0 Å². The fourth-order valence-corrected chi connectivity index (χ4v) is 2.37. The molecule has 0 aliphatic carbocycles. The highest BCUT2D eigenvalue weighted by atomic mass is 19.4. The summed E-state index contributed by atoms with van der Waals surface area (Å²) in [6.07, 6.45) is -3.13. The number of halogens is 3. The second kappa shape index (κ2) is 3.13. The first-order chi connectivity index (χ1) is 6.06. The number of alkyl halides is 3. The number of rotatable bonds is 1. The van der Waals surface area contributed by atoms with E-state index in [0.717, 1.165) is 19.5 Å². The van der Waals surface area contributed by atoms with Crippen LogP contribution in [0, 0.1) is 5.92 Å². The van der Waals surface area contributed by atoms with Gasteiger partial charge in [-0.05, 0) is 25.4 Å². The maximum absolute atomic E-state index is 12.1. The summed E-state index contributed by atoms with van der Waals surface area (Å²) in [5, 5.41) is 3.13. The van der Waals surface area contributed by atoms with E-state index in [1.54, 1.807) is 4.90 Å². The predicted octanol–water partition coefficient (Wildman–Crippen LogP) is 0.842. The number of nitrogens with one attached hydrogen (secondary N) is 1. The Hall–Kier alpha value is -0.290. The number of fused-ring (bicyclic) bond motifs is 1. The topological polar surface area (TPSA) is 15.3 Å². The van der Waals surface area contributed by atoms with Gasteiger partial charge in [0, 0.05) is 12.6 Å². The van der Waals surface area contributed by atoms with Crippen LogP contribution in [0.3, 0.4) is 0 Å². The summed E-state index contributed by atoms with van der Waals surface area (Å²) >= 11 is 0. The Morgan fingerprint density at radius 1 is 1.31 bits per heavy atom. The third-order valence-corrected chi connectivity index (χ3v) is 2.94. The molecule has 2 heterocycles. The van der Waals surface area contributed by atoms with E-state index in [1.807, 2.05) is 0 Å². The molecule has 0 aromatic rings. The van der Waals surface area contributed by atoms with Gasteiger partial charge in [-0.15, -0.1) is 0 Å². The third-order valence-electron chi connectivity index (χ3n) is 2.94. The van der Waals surface area contributed by atoms with Gasteiger partial charge in [0.15, 0.2) is 0 Å². The van der Waals surface area contributed by atoms with E-state index in [0.29, 0.717) is 12.5 Å². The van der Waals surface area contributed by atoms with Gasteiger partial charge in [0.25, 0.3) is 0 Å². The van der Waals surface area contributed by atoms with Gasteiger partial charge in [0.05, 0.1) is 6.54 Å². The molecule has 76 valence electrons. The van der Waals surface area contributed by atoms with Crippen LogP contribution >= 0.6 is 0 Å². The van der Waals surface area contributed by atoms with Crippen LogP contribution < -0.4 is 5.32 Å². The average Bonchev–Trinajstić information content (AvgIpc) is 2.50. The minimum Gasteiger partial charge on any atom is -0.315 e. The van der Waals surface area contributed by atoms with E-state index >= 15 is 0 Å². The number of likely N-dealkylation sites (tertiary alicyclic amines) is 1. The summed E-state index contributed by atoms with van der Waals surface area (Å²) in [4.78, 5) is 1.56. The molecule has 0 spiro atoms. The van der Waals surface area contributed by atoms with Crippen molar-refractivity contribution in [2.75, 3.05) is 26.2 Å². The fraction of sp³-hybridized carbons (Fsp3) is 1.00. The van der Waals surface area contributed by atoms with Crippen LogP contribution in [0.25, 0.3) is 0 Å². The quantitative estimate of drug-likeness (QED) is 0.665. The summed E-state index contributed by atoms with van der Waals surface area (Å²) in [6, 6.07) is 0.127. The Morgan fingerprint density at radius 3 is 2.77 bits per heavy atom. The largest absolute Gasteiger partial charge is 0.401 e. The lowest BCUT2D eigenvalue weighted by atomic mass is 10.1. The summed E-state index contributed by atoms with van der Waals surface area (Å²) in [7, 11) is 0. The molecule has 2 nitrogen and oxygen atoms in total. The van der Waals surface area contributed by atoms with Crippen molar-refractivity contribution in [3.8, 4) is 0 Å². The Balaban J connectivity index is 1.94. The van der Waals surface area contributed by atoms with Crippen LogP contribution in [0.2, 0.25) is 0 Å². The minimum atomic E-state index is -4.04. The maximum Gasteiger partial charge on any atom is 0.401 e. The van der Waals surface area contributed by atoms with Crippen LogP contribution in [-0.4, -0.2) is 43.3 Å². The first-order valence-corrected chi connectivity index (χ1v) is 4.58. The van der Waals surface area contributed by atoms with E-state index in [9.17, 15) is 13.2 Å². The maximum atomic E-state index is 12.1. The van der Waals surface area contributed by atoms with Crippen molar-refractivity contribution in [3.63, 3.8) is 0 Å². The second-order valence-corrected chi connectivity index (χ2v) is 3.86. The Kier molecular flexibility index (Phi) is 2.23. The Bertz CT molecular complexity index is 192. The SMILES string of the molecule is FC(F)(F)CN1CC[C@H]2CNC[C@H]21. The molecule has 0 amide bonds. The molecule has 0 saturated carbocycles. The number of hydrogen-bond donors (Lipinski definition) is 1. The molecule has 0 unspecified atom stereocenters. The van der Waals surface area contributed by atoms with Gasteiger partial charge in [0.2, 0.25) is 0 Å². The molecule has 2 aliphatic heterocycles. The average molecular weight is 194 g/mol. The van der Waals surface area contributed by atoms with Crippen LogP contribution in [0.15, 0.2) is 0 Å². The first-order valence-electron chi connectivity index (χ1n) is 4.58. The van der Waals surface area contributed by atoms with Gasteiger partial charge in [0.1, 0.15) is 0 Å². The summed E-state index contributed by atoms with van der Waals surface area (Å²) in [5.41, 5.74) is 0. The predicted molar refractivity (Wildman–Crippen MR) is 42.4 cm³/mol. The lowest BCUT2D eigenvalue weighted by Crippen LogP contribution is -2.40. The zero-order chi connectivity index (χ0) is 9.47. The lowest BCUT2D eigenvalue weighted by Gasteiger charge is -2.23. The number of nitrogens with zero attached hydrogens (tertiary/aromatic N) is 1. The molecule has 0 aromatic heterocycles. The van der Waals surface area contributed by atoms with Crippen molar-refractivity contribution in [1.29, 1.82) is 0 Å². The summed E-state index contributed by atoms with van der Waals surface area (Å²) in [5.74, 6) is 0.447. The Morgan fingerprint density at radius 2 is 2.08 bits per heavy atom. The van der Waals surface area contributed by atoms with Gasteiger partial charge in [-0.3, -0.25) is 4.90 Å². The zero-order valence-corrected chi connectivity index (χ0v) is 7.27. The highest BCUT2D eigenvalue weighted by Gasteiger charge is 2.42. The van der Waals surface area contributed by atoms with Crippen LogP contribution in [0.4, 0.5) is 13.2 Å². The van der Waals surface area contributed by atoms with Gasteiger partial charge < -0.3 is 5.32 Å². The molecule has 2 saturated heterocycles. The first kappa shape index (κ1) is 9.27. The minimum absolute atomic E-state index is 0.127. The highest BCUT2D eigenvalue weighted by molar-refractivity contribution is 4.94. The number of hydrogen-bond acceptors (Lipinski definition) is 2. The normalized spacial score (nSPS) is 35.3. The molecule has 0 bridgehead atoms. The summed E-state index contributed by atoms with van der Waals surface area (Å²) in [6.45, 7) is 1.48. The third kappa shape index (κ3) is 1.96. The molecule has 2 fully saturated rings. The van der Waals surface area contributed by atoms with Gasteiger partial charge in [-0.25, -0.2) is 0 Å². The van der Waals surface area contributed by atoms with E-state index in [2.05, 4.69) is 5.32 Å². The fourth-order valence-electron chi connectivity index (χ4n) is 2.37. The molecular weight excluding hydrogens is 181 g/mol. The molecular formula is C8H13F3N2. The van der Waals surface area contributed by atoms with Crippen molar-refractivity contribution < 1.29 is 13.2 Å². The van der Waals surface area contributed by atoms with E-state index in [4.69, 9.17) is 0 Å². The molecule has 2 rings (SSSR count). The van der Waals surface area contributed by atoms with Crippen LogP contribution in [0.1, 0.15) is 6.42 Å². The van der Waals surface area contributed by atoms with Crippen molar-refractivity contribution in [2.24, 2.45) is 5.92 Å². The molecule has 1 N–H and O–H groups in total. The van der Waals surface area contributed by atoms with Crippen LogP contribution in [0.5, 0.6) is 0 Å². The van der Waals surface area contributed by atoms with Crippen molar-refractivity contribution in [3.05, 3.63) is 0 Å². The van der Waals surface area contributed by atoms with Crippen molar-refractivity contribution >= 4 is 0 Å². The molecule has 2 atom stereocenters. The highest BCUT2D eigenvalue weighted by Crippen LogP contribution is 2.29. The second-order valence-electron chi connectivity index (χ2n) is 3.86. The van der Waals surface area contributed by atoms with Gasteiger partial charge in [-0.2, -0.15) is 13.2 Å². The Labute approximate surface area is 75.1 Å². The molecule has 2 aliphatic rings. The molecule has 5 heteroatoms. The molecule has 13 heavy (non-hydrogen) atoms. The standard InChI is InChI=1S/C8H13F3N2/c9-8(10,11)5-13-2-1-6-3-12-4-7(6)13/h6-7,12H,1-5H2/t6-,7+/m0/s1. The van der Waals surface area contributed by atoms with Crippen LogP contribution in [-0.2, 0) is 0 Å². The molecule has 0 radical (unpaired) electrons. The van der Waals surface area contributed by atoms with Gasteiger partial charge in [-0.1, -0.05) is 0 Å². The smallest absolute Gasteiger partial charge is 0.315 e. The van der Waals surface area contributed by atoms with E-state index < -0.39 is 12.7 Å². The van der Waals surface area contributed by atoms with E-state index in [-0.39, 0.29) is 6.04 Å². The van der Waals surface area contributed by atoms with Crippen molar-refractivity contribution in [2.45, 2.75) is 18.6 Å². The van der Waals surface area contributed by atoms with Crippen molar-refractivity contribution in [1.82, 2.24) is 10.2 Å². The summed E-state index contributed by atoms with van der Waals surface area (Å²) < 4.78 is 36.3.